The Morgan fingerprint density at radius 1 is 1.35 bits per heavy atom. The number of aldehydes is 1. The van der Waals surface area contributed by atoms with Gasteiger partial charge in [-0.25, -0.2) is 4.79 Å². The van der Waals surface area contributed by atoms with Crippen LogP contribution in [0.3, 0.4) is 0 Å². The van der Waals surface area contributed by atoms with Crippen LogP contribution in [0.4, 0.5) is 10.5 Å². The highest BCUT2D eigenvalue weighted by Crippen LogP contribution is 2.34. The van der Waals surface area contributed by atoms with Gasteiger partial charge in [0.1, 0.15) is 11.4 Å². The lowest BCUT2D eigenvalue weighted by molar-refractivity contribution is 0.0584. The van der Waals surface area contributed by atoms with Gasteiger partial charge in [-0.15, -0.1) is 0 Å². The molecule has 0 atom stereocenters. The van der Waals surface area contributed by atoms with Gasteiger partial charge in [0, 0.05) is 12.6 Å². The quantitative estimate of drug-likeness (QED) is 0.780. The number of rotatable bonds is 2. The molecule has 0 N–H and O–H groups in total. The molecule has 0 saturated carbocycles. The molecule has 2 rings (SSSR count). The van der Waals surface area contributed by atoms with Crippen molar-refractivity contribution in [1.29, 1.82) is 0 Å². The van der Waals surface area contributed by atoms with Crippen molar-refractivity contribution in [2.24, 2.45) is 0 Å². The maximum Gasteiger partial charge on any atom is 0.414 e. The fourth-order valence-electron chi connectivity index (χ4n) is 2.21. The molecular formula is C15H19NO4. The number of carbonyl (C=O) groups is 2. The van der Waals surface area contributed by atoms with Gasteiger partial charge in [0.25, 0.3) is 0 Å². The van der Waals surface area contributed by atoms with Gasteiger partial charge in [-0.2, -0.15) is 0 Å². The minimum atomic E-state index is -0.535. The predicted octanol–water partition coefficient (Wildman–Crippen LogP) is 2.81. The summed E-state index contributed by atoms with van der Waals surface area (Å²) in [5.74, 6) is 0.467. The van der Waals surface area contributed by atoms with Crippen molar-refractivity contribution in [2.45, 2.75) is 32.8 Å². The Labute approximate surface area is 118 Å². The highest BCUT2D eigenvalue weighted by Gasteiger charge is 2.30. The molecule has 0 radical (unpaired) electrons. The smallest absolute Gasteiger partial charge is 0.414 e. The first-order valence-corrected chi connectivity index (χ1v) is 6.52. The minimum absolute atomic E-state index is 0.378. The Morgan fingerprint density at radius 3 is 2.60 bits per heavy atom. The van der Waals surface area contributed by atoms with Crippen LogP contribution in [0.25, 0.3) is 0 Å². The monoisotopic (exact) mass is 277 g/mol. The molecule has 1 aliphatic rings. The Hall–Kier alpha value is -2.04. The Morgan fingerprint density at radius 2 is 2.05 bits per heavy atom. The van der Waals surface area contributed by atoms with Gasteiger partial charge < -0.3 is 9.47 Å². The van der Waals surface area contributed by atoms with E-state index in [0.717, 1.165) is 17.5 Å². The Bertz CT molecular complexity index is 546. The van der Waals surface area contributed by atoms with E-state index in [0.29, 0.717) is 24.3 Å². The number of amides is 1. The fraction of sp³-hybridized carbons (Fsp3) is 0.467. The van der Waals surface area contributed by atoms with Crippen LogP contribution in [-0.4, -0.2) is 31.6 Å². The number of carbonyl (C=O) groups excluding carboxylic acids is 2. The van der Waals surface area contributed by atoms with E-state index in [1.54, 1.807) is 17.0 Å². The van der Waals surface area contributed by atoms with Crippen LogP contribution < -0.4 is 9.64 Å². The Balaban J connectivity index is 2.33. The van der Waals surface area contributed by atoms with Gasteiger partial charge in [-0.3, -0.25) is 9.69 Å². The number of hydrogen-bond donors (Lipinski definition) is 0. The first-order chi connectivity index (χ1) is 9.35. The van der Waals surface area contributed by atoms with Crippen LogP contribution in [0.15, 0.2) is 12.1 Å². The summed E-state index contributed by atoms with van der Waals surface area (Å²) in [5, 5.41) is 0. The standard InChI is InChI=1S/C15H19NO4/c1-15(2,3)20-14(18)16-6-5-10-7-11(9-17)13(19-4)8-12(10)16/h7-9H,5-6H2,1-4H3. The maximum atomic E-state index is 12.2. The molecular weight excluding hydrogens is 258 g/mol. The summed E-state index contributed by atoms with van der Waals surface area (Å²) in [4.78, 5) is 24.8. The van der Waals surface area contributed by atoms with Crippen molar-refractivity contribution in [1.82, 2.24) is 0 Å². The highest BCUT2D eigenvalue weighted by atomic mass is 16.6. The SMILES string of the molecule is COc1cc2c(cc1C=O)CCN2C(=O)OC(C)(C)C. The largest absolute Gasteiger partial charge is 0.496 e. The molecule has 1 aliphatic heterocycles. The molecule has 0 aliphatic carbocycles. The summed E-state index contributed by atoms with van der Waals surface area (Å²) in [5.41, 5.74) is 1.67. The van der Waals surface area contributed by atoms with Gasteiger partial charge in [0.05, 0.1) is 18.4 Å². The van der Waals surface area contributed by atoms with E-state index in [2.05, 4.69) is 0 Å². The number of ether oxygens (including phenoxy) is 2. The summed E-state index contributed by atoms with van der Waals surface area (Å²) < 4.78 is 10.6. The second-order valence-corrected chi connectivity index (χ2v) is 5.72. The highest BCUT2D eigenvalue weighted by molar-refractivity contribution is 5.92. The first-order valence-electron chi connectivity index (χ1n) is 6.52. The molecule has 1 heterocycles. The molecule has 0 unspecified atom stereocenters. The van der Waals surface area contributed by atoms with Crippen molar-refractivity contribution >= 4 is 18.1 Å². The molecule has 108 valence electrons. The molecule has 1 aromatic rings. The van der Waals surface area contributed by atoms with E-state index in [-0.39, 0.29) is 6.09 Å². The van der Waals surface area contributed by atoms with Crippen molar-refractivity contribution in [3.05, 3.63) is 23.3 Å². The third-order valence-corrected chi connectivity index (χ3v) is 3.07. The number of hydrogen-bond acceptors (Lipinski definition) is 4. The lowest BCUT2D eigenvalue weighted by atomic mass is 10.1. The van der Waals surface area contributed by atoms with Crippen LogP contribution in [0.1, 0.15) is 36.7 Å². The molecule has 20 heavy (non-hydrogen) atoms. The molecule has 5 heteroatoms. The normalized spacial score (nSPS) is 13.9. The first kappa shape index (κ1) is 14.4. The molecule has 5 nitrogen and oxygen atoms in total. The zero-order valence-corrected chi connectivity index (χ0v) is 12.2. The number of methoxy groups -OCH3 is 1. The molecule has 0 spiro atoms. The van der Waals surface area contributed by atoms with Crippen LogP contribution in [0.5, 0.6) is 5.75 Å². The molecule has 1 amide bonds. The summed E-state index contributed by atoms with van der Waals surface area (Å²) in [6.07, 6.45) is 1.09. The molecule has 0 aromatic heterocycles. The average Bonchev–Trinajstić information content (AvgIpc) is 2.77. The zero-order valence-electron chi connectivity index (χ0n) is 12.2. The van der Waals surface area contributed by atoms with Gasteiger partial charge in [-0.1, -0.05) is 0 Å². The third-order valence-electron chi connectivity index (χ3n) is 3.07. The Kier molecular flexibility index (Phi) is 3.70. The number of fused-ring (bicyclic) bond motifs is 1. The van der Waals surface area contributed by atoms with Crippen LogP contribution in [0.2, 0.25) is 0 Å². The summed E-state index contributed by atoms with van der Waals surface area (Å²) in [6.45, 7) is 6.05. The van der Waals surface area contributed by atoms with E-state index in [4.69, 9.17) is 9.47 Å². The van der Waals surface area contributed by atoms with Gasteiger partial charge >= 0.3 is 6.09 Å². The minimum Gasteiger partial charge on any atom is -0.496 e. The molecule has 0 bridgehead atoms. The van der Waals surface area contributed by atoms with E-state index >= 15 is 0 Å². The second-order valence-electron chi connectivity index (χ2n) is 5.72. The summed E-state index contributed by atoms with van der Waals surface area (Å²) >= 11 is 0. The van der Waals surface area contributed by atoms with Gasteiger partial charge in [0.15, 0.2) is 6.29 Å². The summed E-state index contributed by atoms with van der Waals surface area (Å²) in [7, 11) is 1.50. The van der Waals surface area contributed by atoms with Crippen molar-refractivity contribution in [3.63, 3.8) is 0 Å². The predicted molar refractivity (Wildman–Crippen MR) is 75.7 cm³/mol. The lowest BCUT2D eigenvalue weighted by Crippen LogP contribution is -2.35. The van der Waals surface area contributed by atoms with E-state index in [9.17, 15) is 9.59 Å². The van der Waals surface area contributed by atoms with Gasteiger partial charge in [-0.05, 0) is 38.8 Å². The summed E-state index contributed by atoms with van der Waals surface area (Å²) in [6, 6.07) is 3.49. The van der Waals surface area contributed by atoms with Crippen molar-refractivity contribution in [3.8, 4) is 5.75 Å². The van der Waals surface area contributed by atoms with Gasteiger partial charge in [0.2, 0.25) is 0 Å². The third kappa shape index (κ3) is 2.76. The maximum absolute atomic E-state index is 12.2. The fourth-order valence-corrected chi connectivity index (χ4v) is 2.21. The topological polar surface area (TPSA) is 55.8 Å². The zero-order chi connectivity index (χ0) is 14.9. The molecule has 0 fully saturated rings. The van der Waals surface area contributed by atoms with E-state index in [1.807, 2.05) is 20.8 Å². The van der Waals surface area contributed by atoms with Crippen LogP contribution >= 0.6 is 0 Å². The van der Waals surface area contributed by atoms with E-state index in [1.165, 1.54) is 7.11 Å². The van der Waals surface area contributed by atoms with Crippen molar-refractivity contribution in [2.75, 3.05) is 18.6 Å². The van der Waals surface area contributed by atoms with Crippen LogP contribution in [-0.2, 0) is 11.2 Å². The van der Waals surface area contributed by atoms with E-state index < -0.39 is 5.60 Å². The molecule has 0 saturated heterocycles. The number of nitrogens with zero attached hydrogens (tertiary/aromatic N) is 1. The number of anilines is 1. The second kappa shape index (κ2) is 5.15. The number of benzene rings is 1. The average molecular weight is 277 g/mol. The van der Waals surface area contributed by atoms with Crippen LogP contribution in [0, 0.1) is 0 Å². The van der Waals surface area contributed by atoms with Crippen molar-refractivity contribution < 1.29 is 19.1 Å². The lowest BCUT2D eigenvalue weighted by Gasteiger charge is -2.25. The molecule has 1 aromatic carbocycles.